The van der Waals surface area contributed by atoms with E-state index in [0.717, 1.165) is 42.1 Å². The standard InChI is InChI=1S/C24H26N4O2/c1-3-16-8-10-18(11-9-16)26-24-27-20-6-5-7-21(29)22(20)23(28-24)25-17-12-14-19(15-13-17)30-4-2/h8-15H,3-7H2,1-2H3,(H2,25,26,27,28). The molecule has 0 unspecified atom stereocenters. The van der Waals surface area contributed by atoms with E-state index in [4.69, 9.17) is 4.74 Å². The number of hydrogen-bond acceptors (Lipinski definition) is 6. The van der Waals surface area contributed by atoms with Crippen LogP contribution in [0.3, 0.4) is 0 Å². The fraction of sp³-hybridized carbons (Fsp3) is 0.292. The first-order valence-corrected chi connectivity index (χ1v) is 10.5. The highest BCUT2D eigenvalue weighted by atomic mass is 16.5. The highest BCUT2D eigenvalue weighted by Gasteiger charge is 2.24. The Bertz CT molecular complexity index is 1030. The van der Waals surface area contributed by atoms with Crippen molar-refractivity contribution in [2.45, 2.75) is 39.5 Å². The summed E-state index contributed by atoms with van der Waals surface area (Å²) in [6.45, 7) is 4.70. The SMILES string of the molecule is CCOc1ccc(Nc2nc(Nc3ccc(CC)cc3)nc3c2C(=O)CCC3)cc1. The zero-order chi connectivity index (χ0) is 20.9. The van der Waals surface area contributed by atoms with E-state index in [0.29, 0.717) is 30.4 Å². The van der Waals surface area contributed by atoms with Crippen molar-refractivity contribution in [1.29, 1.82) is 0 Å². The second kappa shape index (κ2) is 8.95. The number of carbonyl (C=O) groups is 1. The summed E-state index contributed by atoms with van der Waals surface area (Å²) in [6.07, 6.45) is 3.11. The number of anilines is 4. The number of ether oxygens (including phenoxy) is 1. The Morgan fingerprint density at radius 3 is 2.30 bits per heavy atom. The number of nitrogens with zero attached hydrogens (tertiary/aromatic N) is 2. The van der Waals surface area contributed by atoms with Gasteiger partial charge in [-0.25, -0.2) is 4.98 Å². The molecule has 0 bridgehead atoms. The van der Waals surface area contributed by atoms with E-state index in [1.165, 1.54) is 5.56 Å². The Labute approximate surface area is 176 Å². The minimum absolute atomic E-state index is 0.0866. The van der Waals surface area contributed by atoms with Gasteiger partial charge in [-0.05, 0) is 68.1 Å². The van der Waals surface area contributed by atoms with E-state index in [9.17, 15) is 4.79 Å². The van der Waals surface area contributed by atoms with E-state index in [1.54, 1.807) is 0 Å². The molecule has 0 fully saturated rings. The molecule has 0 saturated carbocycles. The van der Waals surface area contributed by atoms with Crippen LogP contribution in [0.5, 0.6) is 5.75 Å². The van der Waals surface area contributed by atoms with Gasteiger partial charge in [-0.15, -0.1) is 0 Å². The summed E-state index contributed by atoms with van der Waals surface area (Å²) in [5.41, 5.74) is 4.43. The molecule has 2 aromatic carbocycles. The molecule has 0 saturated heterocycles. The topological polar surface area (TPSA) is 76.1 Å². The lowest BCUT2D eigenvalue weighted by molar-refractivity contribution is 0.0972. The molecule has 30 heavy (non-hydrogen) atoms. The summed E-state index contributed by atoms with van der Waals surface area (Å²) in [5, 5.41) is 6.59. The van der Waals surface area contributed by atoms with Gasteiger partial charge in [0.15, 0.2) is 5.78 Å². The predicted octanol–water partition coefficient (Wildman–Crippen LogP) is 5.44. The predicted molar refractivity (Wildman–Crippen MR) is 119 cm³/mol. The van der Waals surface area contributed by atoms with Crippen LogP contribution in [0, 0.1) is 0 Å². The highest BCUT2D eigenvalue weighted by Crippen LogP contribution is 2.30. The summed E-state index contributed by atoms with van der Waals surface area (Å²) >= 11 is 0. The molecule has 6 heteroatoms. The van der Waals surface area contributed by atoms with Crippen LogP contribution in [0.2, 0.25) is 0 Å². The molecule has 3 aromatic rings. The average molecular weight is 402 g/mol. The van der Waals surface area contributed by atoms with Gasteiger partial charge in [0.2, 0.25) is 5.95 Å². The number of rotatable bonds is 7. The first kappa shape index (κ1) is 19.9. The number of fused-ring (bicyclic) bond motifs is 1. The molecule has 0 radical (unpaired) electrons. The van der Waals surface area contributed by atoms with E-state index in [-0.39, 0.29) is 5.78 Å². The van der Waals surface area contributed by atoms with Crippen LogP contribution in [-0.2, 0) is 12.8 Å². The molecule has 6 nitrogen and oxygen atoms in total. The van der Waals surface area contributed by atoms with Crippen molar-refractivity contribution in [3.05, 3.63) is 65.4 Å². The summed E-state index contributed by atoms with van der Waals surface area (Å²) in [7, 11) is 0. The third-order valence-corrected chi connectivity index (χ3v) is 5.13. The molecule has 0 amide bonds. The van der Waals surface area contributed by atoms with Crippen LogP contribution in [-0.4, -0.2) is 22.4 Å². The van der Waals surface area contributed by atoms with Gasteiger partial charge in [0, 0.05) is 17.8 Å². The Morgan fingerprint density at radius 1 is 0.900 bits per heavy atom. The van der Waals surface area contributed by atoms with Crippen molar-refractivity contribution in [1.82, 2.24) is 9.97 Å². The smallest absolute Gasteiger partial charge is 0.229 e. The van der Waals surface area contributed by atoms with Crippen LogP contribution in [0.15, 0.2) is 48.5 Å². The van der Waals surface area contributed by atoms with Crippen molar-refractivity contribution >= 4 is 28.9 Å². The number of ketones is 1. The second-order valence-corrected chi connectivity index (χ2v) is 7.25. The molecule has 154 valence electrons. The van der Waals surface area contributed by atoms with Crippen LogP contribution in [0.25, 0.3) is 0 Å². The number of nitrogens with one attached hydrogen (secondary N) is 2. The molecule has 1 aliphatic rings. The molecule has 1 heterocycles. The van der Waals surface area contributed by atoms with Crippen LogP contribution in [0.1, 0.15) is 48.3 Å². The van der Waals surface area contributed by atoms with Gasteiger partial charge in [-0.1, -0.05) is 19.1 Å². The van der Waals surface area contributed by atoms with Crippen molar-refractivity contribution in [3.8, 4) is 5.75 Å². The number of benzene rings is 2. The van der Waals surface area contributed by atoms with E-state index in [1.807, 2.05) is 43.3 Å². The van der Waals surface area contributed by atoms with Crippen molar-refractivity contribution in [3.63, 3.8) is 0 Å². The Kier molecular flexibility index (Phi) is 5.93. The Morgan fingerprint density at radius 2 is 1.60 bits per heavy atom. The van der Waals surface area contributed by atoms with Gasteiger partial charge in [-0.2, -0.15) is 4.98 Å². The number of Topliss-reactive ketones (excluding diaryl/α,β-unsaturated/α-hetero) is 1. The molecule has 0 spiro atoms. The number of carbonyl (C=O) groups excluding carboxylic acids is 1. The summed E-state index contributed by atoms with van der Waals surface area (Å²) in [4.78, 5) is 21.9. The number of aryl methyl sites for hydroxylation is 2. The minimum Gasteiger partial charge on any atom is -0.494 e. The largest absolute Gasteiger partial charge is 0.494 e. The molecular weight excluding hydrogens is 376 g/mol. The van der Waals surface area contributed by atoms with Gasteiger partial charge in [-0.3, -0.25) is 4.79 Å². The molecule has 2 N–H and O–H groups in total. The van der Waals surface area contributed by atoms with Crippen LogP contribution in [0.4, 0.5) is 23.1 Å². The lowest BCUT2D eigenvalue weighted by Gasteiger charge is -2.19. The van der Waals surface area contributed by atoms with Gasteiger partial charge in [0.25, 0.3) is 0 Å². The van der Waals surface area contributed by atoms with Crippen molar-refractivity contribution in [2.75, 3.05) is 17.2 Å². The zero-order valence-electron chi connectivity index (χ0n) is 17.4. The molecule has 1 aromatic heterocycles. The van der Waals surface area contributed by atoms with Gasteiger partial charge in [0.1, 0.15) is 11.6 Å². The second-order valence-electron chi connectivity index (χ2n) is 7.25. The maximum atomic E-state index is 12.6. The maximum absolute atomic E-state index is 12.6. The van der Waals surface area contributed by atoms with E-state index in [2.05, 4.69) is 39.7 Å². The van der Waals surface area contributed by atoms with E-state index < -0.39 is 0 Å². The van der Waals surface area contributed by atoms with Crippen molar-refractivity contribution in [2.24, 2.45) is 0 Å². The normalized spacial score (nSPS) is 12.9. The highest BCUT2D eigenvalue weighted by molar-refractivity contribution is 6.03. The summed E-state index contributed by atoms with van der Waals surface area (Å²) in [5.74, 6) is 1.92. The van der Waals surface area contributed by atoms with Crippen LogP contribution < -0.4 is 15.4 Å². The maximum Gasteiger partial charge on any atom is 0.229 e. The van der Waals surface area contributed by atoms with Gasteiger partial charge in [0.05, 0.1) is 17.9 Å². The molecule has 0 atom stereocenters. The van der Waals surface area contributed by atoms with E-state index >= 15 is 0 Å². The first-order chi connectivity index (χ1) is 14.7. The summed E-state index contributed by atoms with van der Waals surface area (Å²) in [6, 6.07) is 15.9. The van der Waals surface area contributed by atoms with Gasteiger partial charge < -0.3 is 15.4 Å². The quantitative estimate of drug-likeness (QED) is 0.548. The average Bonchev–Trinajstić information content (AvgIpc) is 2.76. The fourth-order valence-electron chi connectivity index (χ4n) is 3.56. The summed E-state index contributed by atoms with van der Waals surface area (Å²) < 4.78 is 5.50. The molecule has 1 aliphatic carbocycles. The molecule has 4 rings (SSSR count). The molecular formula is C24H26N4O2. The van der Waals surface area contributed by atoms with Crippen molar-refractivity contribution < 1.29 is 9.53 Å². The zero-order valence-corrected chi connectivity index (χ0v) is 17.4. The third-order valence-electron chi connectivity index (χ3n) is 5.13. The lowest BCUT2D eigenvalue weighted by atomic mass is 9.95. The third kappa shape index (κ3) is 4.43. The Balaban J connectivity index is 1.65. The fourth-order valence-corrected chi connectivity index (χ4v) is 3.56. The first-order valence-electron chi connectivity index (χ1n) is 10.5. The minimum atomic E-state index is 0.0866. The lowest BCUT2D eigenvalue weighted by Crippen LogP contribution is -2.17. The number of aromatic nitrogens is 2. The number of hydrogen-bond donors (Lipinski definition) is 2. The van der Waals surface area contributed by atoms with Crippen LogP contribution >= 0.6 is 0 Å². The van der Waals surface area contributed by atoms with Gasteiger partial charge >= 0.3 is 0 Å². The Hall–Kier alpha value is -3.41. The monoisotopic (exact) mass is 402 g/mol. The molecule has 0 aliphatic heterocycles.